The number of nitrogens with zero attached hydrogens (tertiary/aromatic N) is 2. The van der Waals surface area contributed by atoms with E-state index in [0.717, 1.165) is 27.6 Å². The largest absolute Gasteiger partial charge is 0.309 e. The molecule has 0 amide bonds. The van der Waals surface area contributed by atoms with Crippen LogP contribution < -0.4 is 5.32 Å². The Morgan fingerprint density at radius 2 is 2.00 bits per heavy atom. The molecule has 100 valence electrons. The Morgan fingerprint density at radius 1 is 1.16 bits per heavy atom. The van der Waals surface area contributed by atoms with Gasteiger partial charge in [-0.15, -0.1) is 0 Å². The summed E-state index contributed by atoms with van der Waals surface area (Å²) in [6.07, 6.45) is 6.39. The molecule has 0 aromatic carbocycles. The van der Waals surface area contributed by atoms with E-state index in [4.69, 9.17) is 0 Å². The van der Waals surface area contributed by atoms with Gasteiger partial charge in [-0.25, -0.2) is 0 Å². The number of aromatic nitrogens is 2. The summed E-state index contributed by atoms with van der Waals surface area (Å²) in [6, 6.07) is 6.36. The first kappa shape index (κ1) is 14.6. The van der Waals surface area contributed by atoms with Crippen LogP contribution in [0.2, 0.25) is 0 Å². The highest BCUT2D eigenvalue weighted by Crippen LogP contribution is 2.19. The van der Waals surface area contributed by atoms with Gasteiger partial charge in [-0.2, -0.15) is 0 Å². The number of pyridine rings is 2. The topological polar surface area (TPSA) is 37.8 Å². The Hall–Kier alpha value is -0.780. The number of rotatable bonds is 5. The summed E-state index contributed by atoms with van der Waals surface area (Å²) in [7, 11) is 0. The third kappa shape index (κ3) is 4.37. The minimum atomic E-state index is 0.203. The number of nitrogens with one attached hydrogen (secondary N) is 1. The number of likely N-dealkylation sites (N-methyl/N-ethyl adjacent to an activating group) is 1. The lowest BCUT2D eigenvalue weighted by atomic mass is 10.0. The molecule has 2 aromatic rings. The highest BCUT2D eigenvalue weighted by molar-refractivity contribution is 9.10. The van der Waals surface area contributed by atoms with Crippen LogP contribution in [0.5, 0.6) is 0 Å². The summed E-state index contributed by atoms with van der Waals surface area (Å²) in [5, 5.41) is 3.47. The summed E-state index contributed by atoms with van der Waals surface area (Å²) < 4.78 is 2.00. The quantitative estimate of drug-likeness (QED) is 0.849. The molecular weight excluding hydrogens is 370 g/mol. The van der Waals surface area contributed by atoms with E-state index >= 15 is 0 Å². The van der Waals surface area contributed by atoms with Crippen molar-refractivity contribution in [2.24, 2.45) is 0 Å². The van der Waals surface area contributed by atoms with E-state index in [2.05, 4.69) is 60.1 Å². The van der Waals surface area contributed by atoms with E-state index in [1.54, 1.807) is 6.20 Å². The molecule has 0 aliphatic carbocycles. The minimum absolute atomic E-state index is 0.203. The van der Waals surface area contributed by atoms with Crippen molar-refractivity contribution in [3.63, 3.8) is 0 Å². The maximum atomic E-state index is 4.47. The average Bonchev–Trinajstić information content (AvgIpc) is 2.39. The van der Waals surface area contributed by atoms with Crippen molar-refractivity contribution in [2.75, 3.05) is 6.54 Å². The van der Waals surface area contributed by atoms with E-state index in [1.165, 1.54) is 5.56 Å². The van der Waals surface area contributed by atoms with Crippen LogP contribution in [0.15, 0.2) is 45.7 Å². The van der Waals surface area contributed by atoms with Gasteiger partial charge in [0.25, 0.3) is 0 Å². The fourth-order valence-electron chi connectivity index (χ4n) is 1.92. The summed E-state index contributed by atoms with van der Waals surface area (Å²) in [6.45, 7) is 3.01. The molecule has 5 heteroatoms. The standard InChI is InChI=1S/C14H15Br2N3/c1-2-18-14(13-4-3-11(15)9-19-13)6-10-5-12(16)8-17-7-10/h3-5,7-9,14,18H,2,6H2,1H3. The molecular formula is C14H15Br2N3. The van der Waals surface area contributed by atoms with E-state index in [1.807, 2.05) is 24.5 Å². The van der Waals surface area contributed by atoms with Crippen molar-refractivity contribution < 1.29 is 0 Å². The second kappa shape index (κ2) is 7.12. The van der Waals surface area contributed by atoms with Crippen LogP contribution in [-0.4, -0.2) is 16.5 Å². The van der Waals surface area contributed by atoms with E-state index < -0.39 is 0 Å². The molecule has 1 atom stereocenters. The Balaban J connectivity index is 2.18. The average molecular weight is 385 g/mol. The predicted octanol–water partition coefficient (Wildman–Crippen LogP) is 3.89. The van der Waals surface area contributed by atoms with Gasteiger partial charge in [-0.3, -0.25) is 9.97 Å². The van der Waals surface area contributed by atoms with Crippen molar-refractivity contribution in [2.45, 2.75) is 19.4 Å². The summed E-state index contributed by atoms with van der Waals surface area (Å²) in [4.78, 5) is 8.68. The van der Waals surface area contributed by atoms with Crippen LogP contribution in [0.4, 0.5) is 0 Å². The highest BCUT2D eigenvalue weighted by Gasteiger charge is 2.12. The monoisotopic (exact) mass is 383 g/mol. The molecule has 0 saturated carbocycles. The summed E-state index contributed by atoms with van der Waals surface area (Å²) in [5.41, 5.74) is 2.23. The molecule has 2 heterocycles. The molecule has 1 N–H and O–H groups in total. The van der Waals surface area contributed by atoms with Crippen LogP contribution in [0, 0.1) is 0 Å². The molecule has 0 spiro atoms. The number of hydrogen-bond acceptors (Lipinski definition) is 3. The minimum Gasteiger partial charge on any atom is -0.309 e. The maximum Gasteiger partial charge on any atom is 0.0577 e. The van der Waals surface area contributed by atoms with Crippen LogP contribution in [0.3, 0.4) is 0 Å². The predicted molar refractivity (Wildman–Crippen MR) is 84.0 cm³/mol. The molecule has 3 nitrogen and oxygen atoms in total. The van der Waals surface area contributed by atoms with Crippen LogP contribution in [-0.2, 0) is 6.42 Å². The highest BCUT2D eigenvalue weighted by atomic mass is 79.9. The first-order chi connectivity index (χ1) is 9.19. The van der Waals surface area contributed by atoms with Crippen molar-refractivity contribution in [3.05, 3.63) is 57.0 Å². The van der Waals surface area contributed by atoms with Gasteiger partial charge in [0.2, 0.25) is 0 Å². The Morgan fingerprint density at radius 3 is 2.63 bits per heavy atom. The van der Waals surface area contributed by atoms with Gasteiger partial charge in [0.15, 0.2) is 0 Å². The molecule has 0 bridgehead atoms. The lowest BCUT2D eigenvalue weighted by molar-refractivity contribution is 0.536. The van der Waals surface area contributed by atoms with E-state index in [-0.39, 0.29) is 6.04 Å². The fraction of sp³-hybridized carbons (Fsp3) is 0.286. The molecule has 19 heavy (non-hydrogen) atoms. The first-order valence-electron chi connectivity index (χ1n) is 6.13. The third-order valence-electron chi connectivity index (χ3n) is 2.76. The smallest absolute Gasteiger partial charge is 0.0577 e. The number of hydrogen-bond donors (Lipinski definition) is 1. The van der Waals surface area contributed by atoms with Crippen LogP contribution in [0.1, 0.15) is 24.2 Å². The van der Waals surface area contributed by atoms with Gasteiger partial charge in [-0.1, -0.05) is 6.92 Å². The third-order valence-corrected chi connectivity index (χ3v) is 3.66. The van der Waals surface area contributed by atoms with Gasteiger partial charge >= 0.3 is 0 Å². The Kier molecular flexibility index (Phi) is 5.48. The first-order valence-corrected chi connectivity index (χ1v) is 7.72. The zero-order valence-corrected chi connectivity index (χ0v) is 13.8. The van der Waals surface area contributed by atoms with Crippen molar-refractivity contribution in [1.29, 1.82) is 0 Å². The summed E-state index contributed by atoms with van der Waals surface area (Å²) in [5.74, 6) is 0. The van der Waals surface area contributed by atoms with Crippen LogP contribution in [0.25, 0.3) is 0 Å². The van der Waals surface area contributed by atoms with Crippen molar-refractivity contribution in [3.8, 4) is 0 Å². The van der Waals surface area contributed by atoms with Gasteiger partial charge in [0.05, 0.1) is 11.7 Å². The molecule has 0 aliphatic heterocycles. The van der Waals surface area contributed by atoms with Crippen molar-refractivity contribution in [1.82, 2.24) is 15.3 Å². The Labute approximate surface area is 130 Å². The number of halogens is 2. The zero-order valence-electron chi connectivity index (χ0n) is 10.6. The SMILES string of the molecule is CCNC(Cc1cncc(Br)c1)c1ccc(Br)cn1. The lowest BCUT2D eigenvalue weighted by Crippen LogP contribution is -2.23. The second-order valence-corrected chi connectivity index (χ2v) is 6.06. The van der Waals surface area contributed by atoms with Gasteiger partial charge in [0.1, 0.15) is 0 Å². The fourth-order valence-corrected chi connectivity index (χ4v) is 2.57. The lowest BCUT2D eigenvalue weighted by Gasteiger charge is -2.17. The second-order valence-electron chi connectivity index (χ2n) is 4.23. The van der Waals surface area contributed by atoms with Gasteiger partial charge in [0, 0.05) is 27.5 Å². The molecule has 0 fully saturated rings. The van der Waals surface area contributed by atoms with E-state index in [0.29, 0.717) is 0 Å². The maximum absolute atomic E-state index is 4.47. The molecule has 0 aliphatic rings. The van der Waals surface area contributed by atoms with Gasteiger partial charge in [-0.05, 0) is 68.6 Å². The molecule has 2 aromatic heterocycles. The summed E-state index contributed by atoms with van der Waals surface area (Å²) >= 11 is 6.86. The molecule has 2 rings (SSSR count). The zero-order chi connectivity index (χ0) is 13.7. The normalized spacial score (nSPS) is 12.4. The molecule has 0 radical (unpaired) electrons. The molecule has 0 saturated heterocycles. The van der Waals surface area contributed by atoms with Gasteiger partial charge < -0.3 is 5.32 Å². The van der Waals surface area contributed by atoms with Crippen LogP contribution >= 0.6 is 31.9 Å². The van der Waals surface area contributed by atoms with Crippen molar-refractivity contribution >= 4 is 31.9 Å². The Bertz CT molecular complexity index is 528. The molecule has 1 unspecified atom stereocenters. The van der Waals surface area contributed by atoms with E-state index in [9.17, 15) is 0 Å².